The molecular weight excluding hydrogens is 268 g/mol. The van der Waals surface area contributed by atoms with Crippen molar-refractivity contribution in [1.29, 1.82) is 0 Å². The Morgan fingerprint density at radius 2 is 2.29 bits per heavy atom. The number of ether oxygens (including phenoxy) is 1. The number of aryl methyl sites for hydroxylation is 1. The van der Waals surface area contributed by atoms with Crippen LogP contribution in [0, 0.1) is 0 Å². The van der Waals surface area contributed by atoms with Crippen LogP contribution in [0.15, 0.2) is 12.3 Å². The third-order valence-electron chi connectivity index (χ3n) is 3.52. The zero-order valence-corrected chi connectivity index (χ0v) is 13.4. The quantitative estimate of drug-likeness (QED) is 0.923. The summed E-state index contributed by atoms with van der Waals surface area (Å²) in [7, 11) is 0. The fourth-order valence-corrected chi connectivity index (χ4v) is 2.46. The predicted molar refractivity (Wildman–Crippen MR) is 81.0 cm³/mol. The maximum atomic E-state index is 12.0. The molecule has 1 aliphatic rings. The summed E-state index contributed by atoms with van der Waals surface area (Å²) in [6.07, 6.45) is 2.56. The van der Waals surface area contributed by atoms with Crippen molar-refractivity contribution in [3.05, 3.63) is 18.0 Å². The van der Waals surface area contributed by atoms with Crippen LogP contribution in [-0.4, -0.2) is 45.5 Å². The zero-order chi connectivity index (χ0) is 15.5. The van der Waals surface area contributed by atoms with Crippen molar-refractivity contribution < 1.29 is 9.53 Å². The van der Waals surface area contributed by atoms with E-state index in [2.05, 4.69) is 17.3 Å². The van der Waals surface area contributed by atoms with Gasteiger partial charge in [-0.25, -0.2) is 4.79 Å². The van der Waals surface area contributed by atoms with E-state index in [1.165, 1.54) is 5.69 Å². The number of amides is 1. The number of hydrogen-bond acceptors (Lipinski definition) is 4. The lowest BCUT2D eigenvalue weighted by molar-refractivity contribution is 0.0291. The third kappa shape index (κ3) is 4.46. The lowest BCUT2D eigenvalue weighted by atomic mass is 10.2. The molecule has 0 bridgehead atoms. The second-order valence-corrected chi connectivity index (χ2v) is 6.43. The standard InChI is InChI=1S/C15H26N4O2/c1-5-19-13(6-8-17-19)10-16-12-7-9-18(11-12)14(20)21-15(2,3)4/h6,8,12,16H,5,7,9-11H2,1-4H3. The number of likely N-dealkylation sites (tertiary alicyclic amines) is 1. The first-order valence-corrected chi connectivity index (χ1v) is 7.61. The number of nitrogens with zero attached hydrogens (tertiary/aromatic N) is 3. The second-order valence-electron chi connectivity index (χ2n) is 6.43. The summed E-state index contributed by atoms with van der Waals surface area (Å²) in [6, 6.07) is 2.34. The van der Waals surface area contributed by atoms with Gasteiger partial charge >= 0.3 is 6.09 Å². The minimum Gasteiger partial charge on any atom is -0.444 e. The van der Waals surface area contributed by atoms with E-state index in [-0.39, 0.29) is 6.09 Å². The van der Waals surface area contributed by atoms with Gasteiger partial charge in [-0.3, -0.25) is 4.68 Å². The van der Waals surface area contributed by atoms with E-state index in [1.54, 1.807) is 4.90 Å². The van der Waals surface area contributed by atoms with Gasteiger partial charge in [-0.2, -0.15) is 5.10 Å². The Bertz CT molecular complexity index is 478. The Labute approximate surface area is 126 Å². The van der Waals surface area contributed by atoms with Gasteiger partial charge in [0, 0.05) is 38.4 Å². The molecule has 0 radical (unpaired) electrons. The van der Waals surface area contributed by atoms with Crippen LogP contribution in [0.3, 0.4) is 0 Å². The molecule has 1 aromatic rings. The summed E-state index contributed by atoms with van der Waals surface area (Å²) < 4.78 is 7.38. The highest BCUT2D eigenvalue weighted by Gasteiger charge is 2.29. The largest absolute Gasteiger partial charge is 0.444 e. The van der Waals surface area contributed by atoms with Gasteiger partial charge in [-0.1, -0.05) is 0 Å². The molecule has 1 saturated heterocycles. The fourth-order valence-electron chi connectivity index (χ4n) is 2.46. The molecule has 1 unspecified atom stereocenters. The van der Waals surface area contributed by atoms with Crippen LogP contribution in [-0.2, 0) is 17.8 Å². The molecule has 1 atom stereocenters. The Morgan fingerprint density at radius 1 is 1.52 bits per heavy atom. The average Bonchev–Trinajstić information content (AvgIpc) is 3.03. The molecule has 2 rings (SSSR count). The molecule has 21 heavy (non-hydrogen) atoms. The van der Waals surface area contributed by atoms with Crippen molar-refractivity contribution in [2.75, 3.05) is 13.1 Å². The molecule has 118 valence electrons. The Hall–Kier alpha value is -1.56. The first-order chi connectivity index (χ1) is 9.89. The molecule has 6 nitrogen and oxygen atoms in total. The first-order valence-electron chi connectivity index (χ1n) is 7.61. The van der Waals surface area contributed by atoms with E-state index in [0.29, 0.717) is 12.6 Å². The predicted octanol–water partition coefficient (Wildman–Crippen LogP) is 2.00. The molecule has 1 fully saturated rings. The molecule has 6 heteroatoms. The molecule has 1 aromatic heterocycles. The topological polar surface area (TPSA) is 59.4 Å². The van der Waals surface area contributed by atoms with Crippen LogP contribution in [0.1, 0.15) is 39.8 Å². The molecule has 1 N–H and O–H groups in total. The van der Waals surface area contributed by atoms with E-state index in [1.807, 2.05) is 37.7 Å². The van der Waals surface area contributed by atoms with Gasteiger partial charge in [0.2, 0.25) is 0 Å². The number of hydrogen-bond donors (Lipinski definition) is 1. The maximum absolute atomic E-state index is 12.0. The third-order valence-corrected chi connectivity index (χ3v) is 3.52. The van der Waals surface area contributed by atoms with Crippen molar-refractivity contribution in [3.8, 4) is 0 Å². The lowest BCUT2D eigenvalue weighted by Gasteiger charge is -2.24. The summed E-state index contributed by atoms with van der Waals surface area (Å²) in [5.41, 5.74) is 0.740. The van der Waals surface area contributed by atoms with Crippen LogP contribution in [0.2, 0.25) is 0 Å². The Morgan fingerprint density at radius 3 is 2.95 bits per heavy atom. The van der Waals surface area contributed by atoms with Crippen LogP contribution < -0.4 is 5.32 Å². The number of rotatable bonds is 4. The molecule has 2 heterocycles. The van der Waals surface area contributed by atoms with Crippen LogP contribution >= 0.6 is 0 Å². The van der Waals surface area contributed by atoms with Gasteiger partial charge in [-0.05, 0) is 40.2 Å². The smallest absolute Gasteiger partial charge is 0.410 e. The van der Waals surface area contributed by atoms with E-state index in [9.17, 15) is 4.79 Å². The molecule has 0 spiro atoms. The van der Waals surface area contributed by atoms with E-state index >= 15 is 0 Å². The number of aromatic nitrogens is 2. The summed E-state index contributed by atoms with van der Waals surface area (Å²) in [5, 5.41) is 7.75. The second kappa shape index (κ2) is 6.47. The summed E-state index contributed by atoms with van der Waals surface area (Å²) in [5.74, 6) is 0. The molecule has 0 aromatic carbocycles. The van der Waals surface area contributed by atoms with Crippen molar-refractivity contribution >= 4 is 6.09 Å². The van der Waals surface area contributed by atoms with E-state index < -0.39 is 5.60 Å². The van der Waals surface area contributed by atoms with E-state index in [0.717, 1.165) is 26.1 Å². The molecular formula is C15H26N4O2. The highest BCUT2D eigenvalue weighted by molar-refractivity contribution is 5.68. The van der Waals surface area contributed by atoms with Crippen LogP contribution in [0.25, 0.3) is 0 Å². The molecule has 0 aliphatic carbocycles. The zero-order valence-electron chi connectivity index (χ0n) is 13.4. The van der Waals surface area contributed by atoms with Crippen molar-refractivity contribution in [2.45, 2.75) is 58.8 Å². The van der Waals surface area contributed by atoms with Gasteiger partial charge in [-0.15, -0.1) is 0 Å². The van der Waals surface area contributed by atoms with Gasteiger partial charge in [0.15, 0.2) is 0 Å². The number of carbonyl (C=O) groups is 1. The minimum absolute atomic E-state index is 0.217. The van der Waals surface area contributed by atoms with Gasteiger partial charge in [0.05, 0.1) is 5.69 Å². The number of carbonyl (C=O) groups excluding carboxylic acids is 1. The molecule has 1 amide bonds. The molecule has 0 saturated carbocycles. The maximum Gasteiger partial charge on any atom is 0.410 e. The minimum atomic E-state index is -0.434. The van der Waals surface area contributed by atoms with Crippen molar-refractivity contribution in [2.24, 2.45) is 0 Å². The summed E-state index contributed by atoms with van der Waals surface area (Å²) >= 11 is 0. The summed E-state index contributed by atoms with van der Waals surface area (Å²) in [4.78, 5) is 13.8. The number of nitrogens with one attached hydrogen (secondary N) is 1. The highest BCUT2D eigenvalue weighted by Crippen LogP contribution is 2.15. The normalized spacial score (nSPS) is 19.0. The van der Waals surface area contributed by atoms with Gasteiger partial charge in [0.1, 0.15) is 5.60 Å². The fraction of sp³-hybridized carbons (Fsp3) is 0.733. The van der Waals surface area contributed by atoms with Gasteiger partial charge in [0.25, 0.3) is 0 Å². The molecule has 1 aliphatic heterocycles. The van der Waals surface area contributed by atoms with E-state index in [4.69, 9.17) is 4.74 Å². The first kappa shape index (κ1) is 15.8. The SMILES string of the molecule is CCn1nccc1CNC1CCN(C(=O)OC(C)(C)C)C1. The van der Waals surface area contributed by atoms with Gasteiger partial charge < -0.3 is 15.0 Å². The summed E-state index contributed by atoms with van der Waals surface area (Å²) in [6.45, 7) is 10.9. The lowest BCUT2D eigenvalue weighted by Crippen LogP contribution is -2.38. The highest BCUT2D eigenvalue weighted by atomic mass is 16.6. The van der Waals surface area contributed by atoms with Crippen LogP contribution in [0.5, 0.6) is 0 Å². The average molecular weight is 294 g/mol. The van der Waals surface area contributed by atoms with Crippen molar-refractivity contribution in [3.63, 3.8) is 0 Å². The monoisotopic (exact) mass is 294 g/mol. The Balaban J connectivity index is 1.79. The van der Waals surface area contributed by atoms with Crippen LogP contribution in [0.4, 0.5) is 4.79 Å². The Kier molecular flexibility index (Phi) is 4.88. The van der Waals surface area contributed by atoms with Crippen molar-refractivity contribution in [1.82, 2.24) is 20.0 Å².